The van der Waals surface area contributed by atoms with Crippen molar-refractivity contribution < 1.29 is 19.8 Å². The average Bonchev–Trinajstić information content (AvgIpc) is 2.65. The highest BCUT2D eigenvalue weighted by Crippen LogP contribution is 2.10. The van der Waals surface area contributed by atoms with Crippen LogP contribution in [-0.4, -0.2) is 47.7 Å². The van der Waals surface area contributed by atoms with Gasteiger partial charge in [0.25, 0.3) is 0 Å². The van der Waals surface area contributed by atoms with Crippen molar-refractivity contribution in [1.29, 1.82) is 0 Å². The zero-order valence-corrected chi connectivity index (χ0v) is 17.9. The number of carbonyl (C=O) groups excluding carboxylic acids is 1. The standard InChI is InChI=1S/C20H39NO.C2H4O3/c1-4-5-6-7-8-9-10-11-12-13-14-15-16-17-18-19-20(22)21(2)3;3-1-2(4)5/h11-12H,4-10,13-19H2,1-3H3;3H,1H2,(H,4,5)/b12-11-;. The highest BCUT2D eigenvalue weighted by atomic mass is 16.4. The van der Waals surface area contributed by atoms with Crippen molar-refractivity contribution in [1.82, 2.24) is 4.90 Å². The summed E-state index contributed by atoms with van der Waals surface area (Å²) in [6.45, 7) is 1.49. The van der Waals surface area contributed by atoms with Crippen LogP contribution in [0.4, 0.5) is 0 Å². The molecule has 0 spiro atoms. The van der Waals surface area contributed by atoms with Crippen LogP contribution in [0.15, 0.2) is 12.2 Å². The molecule has 0 radical (unpaired) electrons. The lowest BCUT2D eigenvalue weighted by Gasteiger charge is -2.09. The Morgan fingerprint density at radius 3 is 1.59 bits per heavy atom. The summed E-state index contributed by atoms with van der Waals surface area (Å²) in [6.07, 6.45) is 22.4. The van der Waals surface area contributed by atoms with Crippen molar-refractivity contribution in [3.8, 4) is 0 Å². The summed E-state index contributed by atoms with van der Waals surface area (Å²) in [4.78, 5) is 22.2. The summed E-state index contributed by atoms with van der Waals surface area (Å²) in [5.41, 5.74) is 0. The fourth-order valence-corrected chi connectivity index (χ4v) is 2.57. The first-order valence-electron chi connectivity index (χ1n) is 10.6. The Balaban J connectivity index is 0. The molecule has 2 N–H and O–H groups in total. The number of hydrogen-bond acceptors (Lipinski definition) is 3. The lowest BCUT2D eigenvalue weighted by atomic mass is 10.1. The van der Waals surface area contributed by atoms with Crippen molar-refractivity contribution in [2.24, 2.45) is 0 Å². The van der Waals surface area contributed by atoms with E-state index in [2.05, 4.69) is 19.1 Å². The summed E-state index contributed by atoms with van der Waals surface area (Å²) in [6, 6.07) is 0. The van der Waals surface area contributed by atoms with E-state index in [1.807, 2.05) is 14.1 Å². The van der Waals surface area contributed by atoms with E-state index in [-0.39, 0.29) is 5.91 Å². The number of carboxylic acids is 1. The van der Waals surface area contributed by atoms with Crippen LogP contribution >= 0.6 is 0 Å². The van der Waals surface area contributed by atoms with Crippen molar-refractivity contribution in [2.45, 2.75) is 96.8 Å². The Morgan fingerprint density at radius 1 is 0.778 bits per heavy atom. The minimum absolute atomic E-state index is 0.262. The fraction of sp³-hybridized carbons (Fsp3) is 0.818. The summed E-state index contributed by atoms with van der Waals surface area (Å²) in [5, 5.41) is 15.0. The molecular formula is C22H43NO4. The van der Waals surface area contributed by atoms with Crippen LogP contribution < -0.4 is 0 Å². The molecule has 0 bridgehead atoms. The van der Waals surface area contributed by atoms with Gasteiger partial charge in [0.15, 0.2) is 0 Å². The molecule has 0 rings (SSSR count). The Kier molecular flexibility index (Phi) is 23.4. The van der Waals surface area contributed by atoms with Crippen LogP contribution in [0.3, 0.4) is 0 Å². The number of aliphatic carboxylic acids is 1. The lowest BCUT2D eigenvalue weighted by molar-refractivity contribution is -0.140. The van der Waals surface area contributed by atoms with E-state index in [0.717, 1.165) is 6.42 Å². The molecule has 0 aromatic heterocycles. The van der Waals surface area contributed by atoms with E-state index in [1.54, 1.807) is 4.90 Å². The molecule has 0 aromatic rings. The van der Waals surface area contributed by atoms with Crippen molar-refractivity contribution in [3.63, 3.8) is 0 Å². The van der Waals surface area contributed by atoms with E-state index < -0.39 is 12.6 Å². The van der Waals surface area contributed by atoms with Crippen LogP contribution in [0.5, 0.6) is 0 Å². The molecule has 0 aromatic carbocycles. The van der Waals surface area contributed by atoms with Gasteiger partial charge in [0, 0.05) is 20.5 Å². The molecule has 0 aliphatic rings. The number of nitrogens with zero attached hydrogens (tertiary/aromatic N) is 1. The Morgan fingerprint density at radius 2 is 1.19 bits per heavy atom. The number of unbranched alkanes of at least 4 members (excludes halogenated alkanes) is 11. The molecule has 0 atom stereocenters. The molecule has 160 valence electrons. The normalized spacial score (nSPS) is 10.5. The third kappa shape index (κ3) is 27.0. The number of carboxylic acid groups (broad SMARTS) is 1. The topological polar surface area (TPSA) is 77.8 Å². The third-order valence-corrected chi connectivity index (χ3v) is 4.29. The van der Waals surface area contributed by atoms with Gasteiger partial charge in [-0.15, -0.1) is 0 Å². The molecule has 5 nitrogen and oxygen atoms in total. The first kappa shape index (κ1) is 27.9. The maximum Gasteiger partial charge on any atom is 0.329 e. The quantitative estimate of drug-likeness (QED) is 0.284. The van der Waals surface area contributed by atoms with Gasteiger partial charge in [-0.25, -0.2) is 4.79 Å². The minimum atomic E-state index is -1.19. The van der Waals surface area contributed by atoms with Crippen LogP contribution in [-0.2, 0) is 9.59 Å². The van der Waals surface area contributed by atoms with Gasteiger partial charge in [-0.1, -0.05) is 70.4 Å². The monoisotopic (exact) mass is 385 g/mol. The number of allylic oxidation sites excluding steroid dienone is 2. The highest BCUT2D eigenvalue weighted by Gasteiger charge is 2.02. The molecule has 0 fully saturated rings. The lowest BCUT2D eigenvalue weighted by Crippen LogP contribution is -2.20. The van der Waals surface area contributed by atoms with Crippen molar-refractivity contribution >= 4 is 11.9 Å². The molecule has 27 heavy (non-hydrogen) atoms. The number of carbonyl (C=O) groups is 2. The summed E-state index contributed by atoms with van der Waals surface area (Å²) in [7, 11) is 3.67. The predicted molar refractivity (Wildman–Crippen MR) is 113 cm³/mol. The number of hydrogen-bond donors (Lipinski definition) is 2. The van der Waals surface area contributed by atoms with Gasteiger partial charge in [0.2, 0.25) is 5.91 Å². The summed E-state index contributed by atoms with van der Waals surface area (Å²) < 4.78 is 0. The Bertz CT molecular complexity index is 367. The number of aliphatic hydroxyl groups is 1. The van der Waals surface area contributed by atoms with Crippen LogP contribution in [0, 0.1) is 0 Å². The van der Waals surface area contributed by atoms with Crippen LogP contribution in [0.25, 0.3) is 0 Å². The van der Waals surface area contributed by atoms with Gasteiger partial charge in [-0.05, 0) is 32.1 Å². The number of rotatable bonds is 16. The van der Waals surface area contributed by atoms with Crippen LogP contribution in [0.2, 0.25) is 0 Å². The van der Waals surface area contributed by atoms with Gasteiger partial charge in [0.05, 0.1) is 0 Å². The molecule has 5 heteroatoms. The predicted octanol–water partition coefficient (Wildman–Crippen LogP) is 5.18. The maximum absolute atomic E-state index is 11.4. The van der Waals surface area contributed by atoms with E-state index in [0.29, 0.717) is 6.42 Å². The molecule has 0 saturated carbocycles. The maximum atomic E-state index is 11.4. The Hall–Kier alpha value is -1.36. The van der Waals surface area contributed by atoms with E-state index in [1.165, 1.54) is 77.0 Å². The SMILES string of the molecule is CCCCCCCC/C=C\CCCCCCCC(=O)N(C)C.O=C(O)CO. The number of aliphatic hydroxyl groups excluding tert-OH is 1. The first-order valence-corrected chi connectivity index (χ1v) is 10.6. The van der Waals surface area contributed by atoms with E-state index in [9.17, 15) is 4.79 Å². The average molecular weight is 386 g/mol. The summed E-state index contributed by atoms with van der Waals surface area (Å²) in [5.74, 6) is -0.928. The van der Waals surface area contributed by atoms with Gasteiger partial charge in [-0.3, -0.25) is 4.79 Å². The zero-order valence-electron chi connectivity index (χ0n) is 17.9. The summed E-state index contributed by atoms with van der Waals surface area (Å²) >= 11 is 0. The van der Waals surface area contributed by atoms with Gasteiger partial charge in [0.1, 0.15) is 6.61 Å². The molecule has 0 aliphatic carbocycles. The molecular weight excluding hydrogens is 342 g/mol. The molecule has 0 unspecified atom stereocenters. The zero-order chi connectivity index (χ0) is 20.8. The van der Waals surface area contributed by atoms with Crippen molar-refractivity contribution in [3.05, 3.63) is 12.2 Å². The second-order valence-corrected chi connectivity index (χ2v) is 7.17. The first-order chi connectivity index (χ1) is 13.0. The Labute approximate surface area is 166 Å². The highest BCUT2D eigenvalue weighted by molar-refractivity contribution is 5.75. The second-order valence-electron chi connectivity index (χ2n) is 7.17. The molecule has 0 saturated heterocycles. The fourth-order valence-electron chi connectivity index (χ4n) is 2.57. The largest absolute Gasteiger partial charge is 0.480 e. The van der Waals surface area contributed by atoms with E-state index in [4.69, 9.17) is 15.0 Å². The minimum Gasteiger partial charge on any atom is -0.480 e. The second kappa shape index (κ2) is 22.7. The number of amides is 1. The van der Waals surface area contributed by atoms with Crippen molar-refractivity contribution in [2.75, 3.05) is 20.7 Å². The smallest absolute Gasteiger partial charge is 0.329 e. The molecule has 0 aliphatic heterocycles. The van der Waals surface area contributed by atoms with Gasteiger partial charge in [-0.2, -0.15) is 0 Å². The molecule has 0 heterocycles. The van der Waals surface area contributed by atoms with Gasteiger partial charge >= 0.3 is 5.97 Å². The van der Waals surface area contributed by atoms with Gasteiger partial charge < -0.3 is 15.1 Å². The third-order valence-electron chi connectivity index (χ3n) is 4.29. The van der Waals surface area contributed by atoms with Crippen LogP contribution in [0.1, 0.15) is 96.8 Å². The molecule has 1 amide bonds. The van der Waals surface area contributed by atoms with E-state index >= 15 is 0 Å².